The van der Waals surface area contributed by atoms with Gasteiger partial charge in [-0.15, -0.1) is 0 Å². The van der Waals surface area contributed by atoms with Gasteiger partial charge in [0.05, 0.1) is 47.7 Å². The molecular formula is C24H30N4O2. The van der Waals surface area contributed by atoms with Crippen molar-refractivity contribution in [2.24, 2.45) is 0 Å². The van der Waals surface area contributed by atoms with E-state index >= 15 is 0 Å². The van der Waals surface area contributed by atoms with Crippen LogP contribution in [0.1, 0.15) is 58.0 Å². The molecule has 0 amide bonds. The van der Waals surface area contributed by atoms with Crippen molar-refractivity contribution in [3.63, 3.8) is 0 Å². The Morgan fingerprint density at radius 2 is 1.67 bits per heavy atom. The van der Waals surface area contributed by atoms with Gasteiger partial charge in [-0.2, -0.15) is 0 Å². The highest BCUT2D eigenvalue weighted by Crippen LogP contribution is 2.44. The van der Waals surface area contributed by atoms with Crippen molar-refractivity contribution in [3.05, 3.63) is 54.4 Å². The van der Waals surface area contributed by atoms with Gasteiger partial charge in [0.1, 0.15) is 17.4 Å². The highest BCUT2D eigenvalue weighted by atomic mass is 16.5. The van der Waals surface area contributed by atoms with E-state index in [4.69, 9.17) is 14.5 Å². The molecule has 6 heteroatoms. The van der Waals surface area contributed by atoms with Gasteiger partial charge in [-0.05, 0) is 59.6 Å². The molecule has 1 fully saturated rings. The molecule has 0 saturated carbocycles. The number of rotatable bonds is 4. The van der Waals surface area contributed by atoms with Gasteiger partial charge in [-0.25, -0.2) is 15.0 Å². The van der Waals surface area contributed by atoms with E-state index in [2.05, 4.69) is 48.4 Å². The van der Waals surface area contributed by atoms with Crippen molar-refractivity contribution >= 4 is 0 Å². The molecule has 1 aromatic carbocycles. The fraction of sp³-hybridized carbons (Fsp3) is 0.458. The van der Waals surface area contributed by atoms with Crippen molar-refractivity contribution in [2.45, 2.75) is 64.6 Å². The number of ether oxygens (including phenoxy) is 2. The SMILES string of the molecule is COc1ccccc1-c1nc(C2CC(C)(C)OC(C)(C)C2)cn1-c1cnc(C)nc1. The molecule has 0 radical (unpaired) electrons. The third-order valence-electron chi connectivity index (χ3n) is 5.56. The first-order valence-corrected chi connectivity index (χ1v) is 10.4. The van der Waals surface area contributed by atoms with E-state index in [-0.39, 0.29) is 11.2 Å². The second kappa shape index (κ2) is 7.51. The Morgan fingerprint density at radius 1 is 1.03 bits per heavy atom. The van der Waals surface area contributed by atoms with Gasteiger partial charge < -0.3 is 9.47 Å². The quantitative estimate of drug-likeness (QED) is 0.603. The van der Waals surface area contributed by atoms with E-state index in [0.717, 1.165) is 47.2 Å². The minimum absolute atomic E-state index is 0.201. The molecule has 2 aromatic heterocycles. The van der Waals surface area contributed by atoms with Gasteiger partial charge >= 0.3 is 0 Å². The van der Waals surface area contributed by atoms with E-state index in [1.54, 1.807) is 7.11 Å². The zero-order chi connectivity index (χ0) is 21.5. The smallest absolute Gasteiger partial charge is 0.148 e. The Labute approximate surface area is 178 Å². The summed E-state index contributed by atoms with van der Waals surface area (Å²) in [4.78, 5) is 13.9. The molecule has 6 nitrogen and oxygen atoms in total. The number of methoxy groups -OCH3 is 1. The summed E-state index contributed by atoms with van der Waals surface area (Å²) >= 11 is 0. The lowest BCUT2D eigenvalue weighted by molar-refractivity contribution is -0.162. The molecule has 30 heavy (non-hydrogen) atoms. The Bertz CT molecular complexity index is 1020. The van der Waals surface area contributed by atoms with E-state index in [9.17, 15) is 0 Å². The van der Waals surface area contributed by atoms with Gasteiger partial charge in [0, 0.05) is 12.1 Å². The van der Waals surface area contributed by atoms with E-state index in [0.29, 0.717) is 5.92 Å². The average molecular weight is 407 g/mol. The standard InChI is InChI=1S/C24H30N4O2/c1-16-25-13-18(14-26-16)28-15-20(17-11-23(2,3)30-24(4,5)12-17)27-22(28)19-9-7-8-10-21(19)29-6/h7-10,13-15,17H,11-12H2,1-6H3. The highest BCUT2D eigenvalue weighted by molar-refractivity contribution is 5.66. The van der Waals surface area contributed by atoms with Gasteiger partial charge in [0.15, 0.2) is 0 Å². The number of nitrogens with zero attached hydrogens (tertiary/aromatic N) is 4. The van der Waals surface area contributed by atoms with Crippen LogP contribution in [0, 0.1) is 6.92 Å². The number of para-hydroxylation sites is 1. The van der Waals surface area contributed by atoms with Crippen LogP contribution in [0.2, 0.25) is 0 Å². The van der Waals surface area contributed by atoms with E-state index < -0.39 is 0 Å². The number of benzene rings is 1. The molecule has 0 N–H and O–H groups in total. The van der Waals surface area contributed by atoms with Gasteiger partial charge in [-0.1, -0.05) is 12.1 Å². The topological polar surface area (TPSA) is 62.1 Å². The second-order valence-electron chi connectivity index (χ2n) is 9.27. The van der Waals surface area contributed by atoms with Crippen LogP contribution in [0.25, 0.3) is 17.1 Å². The molecule has 158 valence electrons. The van der Waals surface area contributed by atoms with Crippen LogP contribution in [0.15, 0.2) is 42.9 Å². The summed E-state index contributed by atoms with van der Waals surface area (Å²) in [5, 5.41) is 0. The van der Waals surface area contributed by atoms with Crippen LogP contribution in [-0.4, -0.2) is 37.8 Å². The normalized spacial score (nSPS) is 18.3. The van der Waals surface area contributed by atoms with Crippen LogP contribution >= 0.6 is 0 Å². The summed E-state index contributed by atoms with van der Waals surface area (Å²) in [6.07, 6.45) is 7.64. The summed E-state index contributed by atoms with van der Waals surface area (Å²) < 4.78 is 14.0. The molecule has 1 saturated heterocycles. The van der Waals surface area contributed by atoms with Crippen molar-refractivity contribution < 1.29 is 9.47 Å². The molecule has 0 unspecified atom stereocenters. The van der Waals surface area contributed by atoms with Crippen LogP contribution in [0.4, 0.5) is 0 Å². The maximum absolute atomic E-state index is 6.29. The Kier molecular flexibility index (Phi) is 5.14. The largest absolute Gasteiger partial charge is 0.496 e. The van der Waals surface area contributed by atoms with Crippen molar-refractivity contribution in [1.82, 2.24) is 19.5 Å². The van der Waals surface area contributed by atoms with Crippen molar-refractivity contribution in [2.75, 3.05) is 7.11 Å². The summed E-state index contributed by atoms with van der Waals surface area (Å²) in [6.45, 7) is 10.5. The first-order chi connectivity index (χ1) is 14.2. The van der Waals surface area contributed by atoms with Crippen LogP contribution in [0.5, 0.6) is 5.75 Å². The molecule has 0 atom stereocenters. The van der Waals surface area contributed by atoms with E-state index in [1.165, 1.54) is 0 Å². The maximum Gasteiger partial charge on any atom is 0.148 e. The number of imidazole rings is 1. The Balaban J connectivity index is 1.85. The molecule has 1 aliphatic heterocycles. The van der Waals surface area contributed by atoms with Crippen LogP contribution < -0.4 is 4.74 Å². The van der Waals surface area contributed by atoms with Crippen LogP contribution in [-0.2, 0) is 4.74 Å². The number of hydrogen-bond donors (Lipinski definition) is 0. The summed E-state index contributed by atoms with van der Waals surface area (Å²) in [5.74, 6) is 2.66. The molecular weight excluding hydrogens is 376 g/mol. The molecule has 3 aromatic rings. The third-order valence-corrected chi connectivity index (χ3v) is 5.56. The van der Waals surface area contributed by atoms with Crippen LogP contribution in [0.3, 0.4) is 0 Å². The minimum atomic E-state index is -0.201. The number of aryl methyl sites for hydroxylation is 1. The highest BCUT2D eigenvalue weighted by Gasteiger charge is 2.41. The average Bonchev–Trinajstić information content (AvgIpc) is 3.11. The lowest BCUT2D eigenvalue weighted by atomic mass is 9.79. The zero-order valence-corrected chi connectivity index (χ0v) is 18.6. The van der Waals surface area contributed by atoms with Gasteiger partial charge in [0.2, 0.25) is 0 Å². The third kappa shape index (κ3) is 4.10. The summed E-state index contributed by atoms with van der Waals surface area (Å²) in [6, 6.07) is 7.96. The molecule has 4 rings (SSSR count). The predicted octanol–water partition coefficient (Wildman–Crippen LogP) is 5.10. The lowest BCUT2D eigenvalue weighted by Crippen LogP contribution is -2.44. The molecule has 0 bridgehead atoms. The Hall–Kier alpha value is -2.73. The van der Waals surface area contributed by atoms with E-state index in [1.807, 2.05) is 43.6 Å². The van der Waals surface area contributed by atoms with Gasteiger partial charge in [0.25, 0.3) is 0 Å². The first-order valence-electron chi connectivity index (χ1n) is 10.4. The molecule has 3 heterocycles. The van der Waals surface area contributed by atoms with Crippen molar-refractivity contribution in [3.8, 4) is 22.8 Å². The van der Waals surface area contributed by atoms with Crippen molar-refractivity contribution in [1.29, 1.82) is 0 Å². The fourth-order valence-corrected chi connectivity index (χ4v) is 4.62. The predicted molar refractivity (Wildman–Crippen MR) is 117 cm³/mol. The summed E-state index contributed by atoms with van der Waals surface area (Å²) in [5.41, 5.74) is 2.48. The zero-order valence-electron chi connectivity index (χ0n) is 18.6. The first kappa shape index (κ1) is 20.5. The Morgan fingerprint density at radius 3 is 2.30 bits per heavy atom. The van der Waals surface area contributed by atoms with Gasteiger partial charge in [-0.3, -0.25) is 4.57 Å². The lowest BCUT2D eigenvalue weighted by Gasteiger charge is -2.45. The minimum Gasteiger partial charge on any atom is -0.496 e. The molecule has 0 spiro atoms. The molecule has 1 aliphatic rings. The fourth-order valence-electron chi connectivity index (χ4n) is 4.62. The monoisotopic (exact) mass is 406 g/mol. The molecule has 0 aliphatic carbocycles. The number of aromatic nitrogens is 4. The second-order valence-corrected chi connectivity index (χ2v) is 9.27. The maximum atomic E-state index is 6.29. The summed E-state index contributed by atoms with van der Waals surface area (Å²) in [7, 11) is 1.69. The number of hydrogen-bond acceptors (Lipinski definition) is 5.